The van der Waals surface area contributed by atoms with Gasteiger partial charge in [0.15, 0.2) is 0 Å². The van der Waals surface area contributed by atoms with Gasteiger partial charge in [-0.2, -0.15) is 8.42 Å². The molecule has 0 radical (unpaired) electrons. The minimum absolute atomic E-state index is 0.0386. The average molecular weight is 477 g/mol. The highest BCUT2D eigenvalue weighted by molar-refractivity contribution is 7.87. The van der Waals surface area contributed by atoms with Crippen LogP contribution in [0.25, 0.3) is 6.08 Å². The van der Waals surface area contributed by atoms with Crippen LogP contribution in [0, 0.1) is 13.8 Å². The molecule has 4 amide bonds. The number of imide groups is 2. The van der Waals surface area contributed by atoms with Crippen LogP contribution in [-0.4, -0.2) is 26.3 Å². The first-order valence-electron chi connectivity index (χ1n) is 10.2. The smallest absolute Gasteiger partial charge is 0.339 e. The molecule has 1 aliphatic rings. The van der Waals surface area contributed by atoms with Crippen molar-refractivity contribution in [1.82, 2.24) is 5.32 Å². The normalized spacial score (nSPS) is 15.4. The zero-order chi connectivity index (χ0) is 24.5. The van der Waals surface area contributed by atoms with Crippen molar-refractivity contribution < 1.29 is 27.0 Å². The molecule has 3 aromatic rings. The summed E-state index contributed by atoms with van der Waals surface area (Å²) in [5, 5.41) is 2.15. The first-order valence-corrected chi connectivity index (χ1v) is 11.6. The van der Waals surface area contributed by atoms with Gasteiger partial charge in [0.2, 0.25) is 0 Å². The molecular formula is C25H20N2O6S. The summed E-state index contributed by atoms with van der Waals surface area (Å²) in [4.78, 5) is 38.9. The van der Waals surface area contributed by atoms with Crippen molar-refractivity contribution in [2.45, 2.75) is 18.7 Å². The summed E-state index contributed by atoms with van der Waals surface area (Å²) >= 11 is 0. The largest absolute Gasteiger partial charge is 0.378 e. The monoisotopic (exact) mass is 476 g/mol. The van der Waals surface area contributed by atoms with E-state index in [1.807, 2.05) is 6.92 Å². The maximum Gasteiger partial charge on any atom is 0.339 e. The standard InChI is InChI=1S/C25H20N2O6S/c1-16-10-12-20(13-11-16)34(31,32)33-22-9-4-3-7-18(22)15-21-23(28)26-25(30)27(24(21)29)19-8-5-6-17(2)14-19/h3-15H,1-2H3,(H,26,28,30)/b21-15+. The molecule has 0 aliphatic carbocycles. The molecule has 0 unspecified atom stereocenters. The molecule has 9 heteroatoms. The van der Waals surface area contributed by atoms with Crippen LogP contribution in [0.2, 0.25) is 0 Å². The Bertz CT molecular complexity index is 1440. The molecule has 1 N–H and O–H groups in total. The van der Waals surface area contributed by atoms with Crippen molar-refractivity contribution in [2.75, 3.05) is 4.90 Å². The van der Waals surface area contributed by atoms with E-state index in [9.17, 15) is 22.8 Å². The van der Waals surface area contributed by atoms with Gasteiger partial charge in [-0.05, 0) is 55.8 Å². The molecule has 1 heterocycles. The fraction of sp³-hybridized carbons (Fsp3) is 0.0800. The van der Waals surface area contributed by atoms with Crippen molar-refractivity contribution in [2.24, 2.45) is 0 Å². The number of nitrogens with one attached hydrogen (secondary N) is 1. The molecule has 1 saturated heterocycles. The van der Waals surface area contributed by atoms with Crippen LogP contribution in [-0.2, 0) is 19.7 Å². The third-order valence-corrected chi connectivity index (χ3v) is 6.34. The van der Waals surface area contributed by atoms with Crippen molar-refractivity contribution >= 4 is 39.7 Å². The number of para-hydroxylation sites is 1. The number of anilines is 1. The molecule has 172 valence electrons. The Morgan fingerprint density at radius 1 is 0.853 bits per heavy atom. The number of urea groups is 1. The van der Waals surface area contributed by atoms with Crippen LogP contribution in [0.5, 0.6) is 5.75 Å². The van der Waals surface area contributed by atoms with Crippen LogP contribution in [0.1, 0.15) is 16.7 Å². The predicted octanol–water partition coefficient (Wildman–Crippen LogP) is 3.74. The van der Waals surface area contributed by atoms with Crippen molar-refractivity contribution in [1.29, 1.82) is 0 Å². The number of carbonyl (C=O) groups is 3. The van der Waals surface area contributed by atoms with Gasteiger partial charge in [0.25, 0.3) is 11.8 Å². The number of aryl methyl sites for hydroxylation is 2. The third-order valence-electron chi connectivity index (χ3n) is 5.09. The van der Waals surface area contributed by atoms with Gasteiger partial charge >= 0.3 is 16.1 Å². The second-order valence-corrected chi connectivity index (χ2v) is 9.23. The maximum absolute atomic E-state index is 13.1. The van der Waals surface area contributed by atoms with Gasteiger partial charge in [-0.3, -0.25) is 14.9 Å². The second-order valence-electron chi connectivity index (χ2n) is 7.69. The van der Waals surface area contributed by atoms with E-state index < -0.39 is 28.0 Å². The van der Waals surface area contributed by atoms with E-state index in [-0.39, 0.29) is 21.8 Å². The highest BCUT2D eigenvalue weighted by Crippen LogP contribution is 2.28. The van der Waals surface area contributed by atoms with Gasteiger partial charge < -0.3 is 4.18 Å². The van der Waals surface area contributed by atoms with Gasteiger partial charge in [-0.15, -0.1) is 0 Å². The van der Waals surface area contributed by atoms with Gasteiger partial charge in [0.1, 0.15) is 16.2 Å². The molecule has 4 rings (SSSR count). The predicted molar refractivity (Wildman–Crippen MR) is 126 cm³/mol. The zero-order valence-corrected chi connectivity index (χ0v) is 19.1. The zero-order valence-electron chi connectivity index (χ0n) is 18.3. The Labute approximate surface area is 196 Å². The molecule has 8 nitrogen and oxygen atoms in total. The molecule has 0 bridgehead atoms. The second kappa shape index (κ2) is 8.95. The highest BCUT2D eigenvalue weighted by Gasteiger charge is 2.37. The highest BCUT2D eigenvalue weighted by atomic mass is 32.2. The molecule has 3 aromatic carbocycles. The van der Waals surface area contributed by atoms with Crippen LogP contribution in [0.15, 0.2) is 83.3 Å². The Kier molecular flexibility index (Phi) is 6.04. The number of amides is 4. The third kappa shape index (κ3) is 4.60. The number of carbonyl (C=O) groups excluding carboxylic acids is 3. The lowest BCUT2D eigenvalue weighted by Gasteiger charge is -2.26. The summed E-state index contributed by atoms with van der Waals surface area (Å²) in [6.45, 7) is 3.63. The van der Waals surface area contributed by atoms with Crippen molar-refractivity contribution in [3.63, 3.8) is 0 Å². The number of hydrogen-bond donors (Lipinski definition) is 1. The van der Waals surface area contributed by atoms with Crippen molar-refractivity contribution in [3.8, 4) is 5.75 Å². The van der Waals surface area contributed by atoms with Gasteiger partial charge in [-0.1, -0.05) is 48.0 Å². The minimum Gasteiger partial charge on any atom is -0.378 e. The Balaban J connectivity index is 1.71. The molecule has 0 atom stereocenters. The molecule has 0 aromatic heterocycles. The van der Waals surface area contributed by atoms with E-state index in [2.05, 4.69) is 5.32 Å². The number of barbiturate groups is 1. The van der Waals surface area contributed by atoms with E-state index in [4.69, 9.17) is 4.18 Å². The molecular weight excluding hydrogens is 456 g/mol. The van der Waals surface area contributed by atoms with Gasteiger partial charge in [0, 0.05) is 5.56 Å². The summed E-state index contributed by atoms with van der Waals surface area (Å²) < 4.78 is 30.8. The number of benzene rings is 3. The minimum atomic E-state index is -4.17. The maximum atomic E-state index is 13.1. The Morgan fingerprint density at radius 2 is 1.56 bits per heavy atom. The Hall–Kier alpha value is -4.24. The molecule has 0 spiro atoms. The SMILES string of the molecule is Cc1ccc(S(=O)(=O)Oc2ccccc2/C=C2\C(=O)NC(=O)N(c3cccc(C)c3)C2=O)cc1. The number of hydrogen-bond acceptors (Lipinski definition) is 6. The van der Waals surface area contributed by atoms with Crippen LogP contribution < -0.4 is 14.4 Å². The van der Waals surface area contributed by atoms with Gasteiger partial charge in [-0.25, -0.2) is 9.69 Å². The molecule has 1 aliphatic heterocycles. The number of rotatable bonds is 5. The first-order chi connectivity index (χ1) is 16.2. The fourth-order valence-corrected chi connectivity index (χ4v) is 4.32. The lowest BCUT2D eigenvalue weighted by atomic mass is 10.1. The van der Waals surface area contributed by atoms with Gasteiger partial charge in [0.05, 0.1) is 5.69 Å². The van der Waals surface area contributed by atoms with E-state index >= 15 is 0 Å². The van der Waals surface area contributed by atoms with E-state index in [1.165, 1.54) is 30.3 Å². The summed E-state index contributed by atoms with van der Waals surface area (Å²) in [6, 6.07) is 18.0. The topological polar surface area (TPSA) is 110 Å². The van der Waals surface area contributed by atoms with E-state index in [0.717, 1.165) is 16.0 Å². The van der Waals surface area contributed by atoms with E-state index in [1.54, 1.807) is 55.5 Å². The van der Waals surface area contributed by atoms with Crippen molar-refractivity contribution in [3.05, 3.63) is 95.1 Å². The summed E-state index contributed by atoms with van der Waals surface area (Å²) in [7, 11) is -4.17. The van der Waals surface area contributed by atoms with E-state index in [0.29, 0.717) is 5.69 Å². The average Bonchev–Trinajstić information content (AvgIpc) is 2.78. The fourth-order valence-electron chi connectivity index (χ4n) is 3.36. The molecule has 0 saturated carbocycles. The summed E-state index contributed by atoms with van der Waals surface area (Å²) in [6.07, 6.45) is 1.20. The van der Waals surface area contributed by atoms with Crippen LogP contribution in [0.4, 0.5) is 10.5 Å². The lowest BCUT2D eigenvalue weighted by Crippen LogP contribution is -2.54. The molecule has 34 heavy (non-hydrogen) atoms. The van der Waals surface area contributed by atoms with Crippen LogP contribution in [0.3, 0.4) is 0 Å². The summed E-state index contributed by atoms with van der Waals surface area (Å²) in [5.41, 5.74) is 1.84. The molecule has 1 fully saturated rings. The Morgan fingerprint density at radius 3 is 2.26 bits per heavy atom. The summed E-state index contributed by atoms with van der Waals surface area (Å²) in [5.74, 6) is -1.80. The first kappa shape index (κ1) is 22.9. The number of nitrogens with zero attached hydrogens (tertiary/aromatic N) is 1. The quantitative estimate of drug-likeness (QED) is 0.341. The van der Waals surface area contributed by atoms with Crippen LogP contribution >= 0.6 is 0 Å². The lowest BCUT2D eigenvalue weighted by molar-refractivity contribution is -0.122.